The van der Waals surface area contributed by atoms with Crippen LogP contribution in [0.15, 0.2) is 160 Å². The van der Waals surface area contributed by atoms with Crippen LogP contribution in [0, 0.1) is 0 Å². The second-order valence-electron chi connectivity index (χ2n) is 11.3. The zero-order valence-electron chi connectivity index (χ0n) is 24.3. The largest absolute Gasteiger partial charge is 0.155 e. The number of thioether (sulfide) groups is 3. The molecule has 0 saturated heterocycles. The number of benzene rings is 6. The maximum Gasteiger partial charge on any atom is 0.155 e. The minimum atomic E-state index is -1.30. The van der Waals surface area contributed by atoms with E-state index in [0.717, 1.165) is 17.3 Å². The predicted octanol–water partition coefficient (Wildman–Crippen LogP) is 8.89. The molecule has 0 aromatic heterocycles. The molecule has 9 rings (SSSR count). The standard InChI is InChI=1S/C40H31S3Si/c1-10-22-37-28(13-1)25-41-34-19-7-4-16-31(34)40-32-17-5-8-20-35(32)42-26-29-14-2-11-23-38(29)44(37)39-24-12-3-15-30(39)27-43-36-21-9-6-18-33(36)40/h1-24,40H,25-27H2. The van der Waals surface area contributed by atoms with Crippen molar-refractivity contribution in [1.82, 2.24) is 0 Å². The molecule has 0 amide bonds. The van der Waals surface area contributed by atoms with E-state index in [2.05, 4.69) is 146 Å². The second kappa shape index (κ2) is 12.5. The molecule has 1 radical (unpaired) electrons. The Morgan fingerprint density at radius 3 is 1.02 bits per heavy atom. The molecule has 3 aliphatic rings. The van der Waals surface area contributed by atoms with Gasteiger partial charge in [0.25, 0.3) is 0 Å². The van der Waals surface area contributed by atoms with Gasteiger partial charge in [-0.15, -0.1) is 35.3 Å². The summed E-state index contributed by atoms with van der Waals surface area (Å²) in [6.45, 7) is 0. The van der Waals surface area contributed by atoms with Crippen LogP contribution < -0.4 is 15.6 Å². The van der Waals surface area contributed by atoms with Gasteiger partial charge >= 0.3 is 0 Å². The Morgan fingerprint density at radius 2 is 0.659 bits per heavy atom. The van der Waals surface area contributed by atoms with Gasteiger partial charge in [0.2, 0.25) is 0 Å². The maximum absolute atomic E-state index is 2.43. The summed E-state index contributed by atoms with van der Waals surface area (Å²) in [5, 5.41) is 4.55. The molecule has 4 heteroatoms. The van der Waals surface area contributed by atoms with Crippen molar-refractivity contribution in [3.05, 3.63) is 179 Å². The fourth-order valence-corrected chi connectivity index (χ4v) is 13.4. The van der Waals surface area contributed by atoms with Gasteiger partial charge in [0, 0.05) is 37.9 Å². The summed E-state index contributed by atoms with van der Waals surface area (Å²) in [5.41, 5.74) is 8.57. The molecule has 0 fully saturated rings. The van der Waals surface area contributed by atoms with Crippen LogP contribution in [0.2, 0.25) is 0 Å². The Labute approximate surface area is 275 Å². The first-order valence-corrected chi connectivity index (χ1v) is 19.6. The van der Waals surface area contributed by atoms with Crippen molar-refractivity contribution >= 4 is 59.6 Å². The Balaban J connectivity index is 1.48. The van der Waals surface area contributed by atoms with E-state index in [0.29, 0.717) is 0 Å². The fourth-order valence-electron chi connectivity index (χ4n) is 6.63. The lowest BCUT2D eigenvalue weighted by Crippen LogP contribution is -2.55. The van der Waals surface area contributed by atoms with E-state index >= 15 is 0 Å². The molecule has 44 heavy (non-hydrogen) atoms. The summed E-state index contributed by atoms with van der Waals surface area (Å²) in [5.74, 6) is 2.99. The quantitative estimate of drug-likeness (QED) is 0.153. The molecule has 0 spiro atoms. The molecule has 0 nitrogen and oxygen atoms in total. The van der Waals surface area contributed by atoms with Crippen molar-refractivity contribution in [2.45, 2.75) is 37.9 Å². The predicted molar refractivity (Wildman–Crippen MR) is 193 cm³/mol. The van der Waals surface area contributed by atoms with Crippen molar-refractivity contribution in [3.8, 4) is 0 Å². The van der Waals surface area contributed by atoms with E-state index in [1.54, 1.807) is 0 Å². The van der Waals surface area contributed by atoms with Crippen LogP contribution in [0.3, 0.4) is 0 Å². The molecule has 3 heterocycles. The Kier molecular flexibility index (Phi) is 8.00. The van der Waals surface area contributed by atoms with Crippen LogP contribution in [0.25, 0.3) is 0 Å². The molecule has 3 aliphatic heterocycles. The third kappa shape index (κ3) is 5.28. The average Bonchev–Trinajstić information content (AvgIpc) is 3.08. The van der Waals surface area contributed by atoms with E-state index in [-0.39, 0.29) is 5.92 Å². The normalized spacial score (nSPS) is 15.0. The van der Waals surface area contributed by atoms with Gasteiger partial charge in [-0.1, -0.05) is 127 Å². The molecule has 0 aliphatic carbocycles. The molecule has 0 unspecified atom stereocenters. The monoisotopic (exact) mass is 635 g/mol. The molecule has 213 valence electrons. The second-order valence-corrected chi connectivity index (χ2v) is 16.7. The molecule has 6 aromatic rings. The topological polar surface area (TPSA) is 0 Å². The highest BCUT2D eigenvalue weighted by Gasteiger charge is 2.30. The van der Waals surface area contributed by atoms with Crippen molar-refractivity contribution < 1.29 is 0 Å². The van der Waals surface area contributed by atoms with Gasteiger partial charge in [-0.05, 0) is 67.1 Å². The summed E-state index contributed by atoms with van der Waals surface area (Å²) in [6.07, 6.45) is 0. The average molecular weight is 636 g/mol. The first-order chi connectivity index (χ1) is 21.8. The summed E-state index contributed by atoms with van der Waals surface area (Å²) < 4.78 is 0. The van der Waals surface area contributed by atoms with Crippen LogP contribution in [0.5, 0.6) is 0 Å². The van der Waals surface area contributed by atoms with E-state index in [4.69, 9.17) is 0 Å². The lowest BCUT2D eigenvalue weighted by Gasteiger charge is -2.29. The smallest absolute Gasteiger partial charge is 0.121 e. The number of hydrogen-bond acceptors (Lipinski definition) is 3. The third-order valence-corrected chi connectivity index (χ3v) is 15.2. The molecule has 0 saturated carbocycles. The van der Waals surface area contributed by atoms with Crippen LogP contribution in [-0.2, 0) is 17.3 Å². The molecule has 6 aromatic carbocycles. The molecular weight excluding hydrogens is 605 g/mol. The lowest BCUT2D eigenvalue weighted by atomic mass is 9.85. The zero-order valence-corrected chi connectivity index (χ0v) is 27.7. The minimum Gasteiger partial charge on any atom is -0.121 e. The van der Waals surface area contributed by atoms with Gasteiger partial charge < -0.3 is 0 Å². The Bertz CT molecular complexity index is 1600. The van der Waals surface area contributed by atoms with Crippen molar-refractivity contribution in [3.63, 3.8) is 0 Å². The van der Waals surface area contributed by atoms with Gasteiger partial charge in [0.15, 0.2) is 8.80 Å². The summed E-state index contributed by atoms with van der Waals surface area (Å²) in [6, 6.07) is 55.3. The van der Waals surface area contributed by atoms with E-state index in [9.17, 15) is 0 Å². The number of rotatable bonds is 0. The minimum absolute atomic E-state index is 0.136. The number of hydrogen-bond donors (Lipinski definition) is 0. The van der Waals surface area contributed by atoms with Crippen LogP contribution in [0.1, 0.15) is 39.3 Å². The van der Waals surface area contributed by atoms with Crippen LogP contribution >= 0.6 is 35.3 Å². The SMILES string of the molecule is c1ccc2c(c1)CSc1ccccc1C1c3ccccc3SCc3ccccc3[Si]2c2ccccc2CSc2ccccc21. The Morgan fingerprint density at radius 1 is 0.364 bits per heavy atom. The van der Waals surface area contributed by atoms with E-state index < -0.39 is 8.80 Å². The van der Waals surface area contributed by atoms with Gasteiger partial charge in [-0.2, -0.15) is 0 Å². The van der Waals surface area contributed by atoms with E-state index in [1.165, 1.54) is 63.6 Å². The third-order valence-electron chi connectivity index (χ3n) is 8.70. The highest BCUT2D eigenvalue weighted by molar-refractivity contribution is 7.99. The van der Waals surface area contributed by atoms with Gasteiger partial charge in [-0.25, -0.2) is 0 Å². The van der Waals surface area contributed by atoms with E-state index in [1.807, 2.05) is 35.3 Å². The summed E-state index contributed by atoms with van der Waals surface area (Å²) in [4.78, 5) is 4.11. The fraction of sp³-hybridized carbons (Fsp3) is 0.100. The first kappa shape index (κ1) is 28.1. The number of fused-ring (bicyclic) bond motifs is 3. The van der Waals surface area contributed by atoms with Crippen molar-refractivity contribution in [1.29, 1.82) is 0 Å². The lowest BCUT2D eigenvalue weighted by molar-refractivity contribution is 0.893. The van der Waals surface area contributed by atoms with Gasteiger partial charge in [-0.3, -0.25) is 0 Å². The Hall–Kier alpha value is -3.41. The molecule has 0 atom stereocenters. The van der Waals surface area contributed by atoms with Crippen LogP contribution in [0.4, 0.5) is 0 Å². The van der Waals surface area contributed by atoms with Gasteiger partial charge in [0.1, 0.15) is 0 Å². The highest BCUT2D eigenvalue weighted by atomic mass is 32.2. The molecule has 2 bridgehead atoms. The van der Waals surface area contributed by atoms with Crippen LogP contribution in [-0.4, -0.2) is 8.80 Å². The van der Waals surface area contributed by atoms with Gasteiger partial charge in [0.05, 0.1) is 0 Å². The summed E-state index contributed by atoms with van der Waals surface area (Å²) >= 11 is 6.00. The van der Waals surface area contributed by atoms with Crippen molar-refractivity contribution in [2.24, 2.45) is 0 Å². The van der Waals surface area contributed by atoms with Crippen molar-refractivity contribution in [2.75, 3.05) is 0 Å². The first-order valence-electron chi connectivity index (χ1n) is 15.1. The highest BCUT2D eigenvalue weighted by Crippen LogP contribution is 2.45. The zero-order chi connectivity index (χ0) is 29.3. The summed E-state index contributed by atoms with van der Waals surface area (Å²) in [7, 11) is -1.30. The molecule has 0 N–H and O–H groups in total. The maximum atomic E-state index is 2.43. The molecular formula is C40H31S3Si.